The van der Waals surface area contributed by atoms with Crippen molar-refractivity contribution in [2.75, 3.05) is 25.6 Å². The molecular formula is C21H23NO3S. The fourth-order valence-corrected chi connectivity index (χ4v) is 4.04. The monoisotopic (exact) mass is 369 g/mol. The van der Waals surface area contributed by atoms with Crippen molar-refractivity contribution in [1.29, 1.82) is 0 Å². The van der Waals surface area contributed by atoms with Gasteiger partial charge in [-0.25, -0.2) is 0 Å². The number of rotatable bonds is 5. The first kappa shape index (κ1) is 18.4. The van der Waals surface area contributed by atoms with E-state index in [9.17, 15) is 9.59 Å². The highest BCUT2D eigenvalue weighted by Gasteiger charge is 2.39. The van der Waals surface area contributed by atoms with Gasteiger partial charge in [0.05, 0.1) is 6.61 Å². The van der Waals surface area contributed by atoms with Gasteiger partial charge in [-0.15, -0.1) is 0 Å². The van der Waals surface area contributed by atoms with E-state index in [1.807, 2.05) is 60.1 Å². The molecule has 3 rings (SSSR count). The van der Waals surface area contributed by atoms with Gasteiger partial charge in [-0.05, 0) is 65.1 Å². The Morgan fingerprint density at radius 2 is 1.96 bits per heavy atom. The molecule has 0 N–H and O–H groups in total. The van der Waals surface area contributed by atoms with Gasteiger partial charge in [0.1, 0.15) is 5.92 Å². The summed E-state index contributed by atoms with van der Waals surface area (Å²) in [5.74, 6) is -1.59. The van der Waals surface area contributed by atoms with Crippen LogP contribution in [0.2, 0.25) is 0 Å². The van der Waals surface area contributed by atoms with E-state index in [0.717, 1.165) is 22.4 Å². The van der Waals surface area contributed by atoms with Crippen LogP contribution in [0.1, 0.15) is 30.4 Å². The molecule has 0 aliphatic heterocycles. The smallest absolute Gasteiger partial charge is 0.317 e. The number of ether oxygens (including phenoxy) is 1. The van der Waals surface area contributed by atoms with Crippen LogP contribution in [0, 0.1) is 5.92 Å². The molecule has 0 bridgehead atoms. The van der Waals surface area contributed by atoms with Gasteiger partial charge in [0, 0.05) is 25.7 Å². The van der Waals surface area contributed by atoms with Gasteiger partial charge in [0.25, 0.3) is 0 Å². The van der Waals surface area contributed by atoms with Crippen molar-refractivity contribution in [2.24, 2.45) is 5.92 Å². The number of ketones is 1. The van der Waals surface area contributed by atoms with Gasteiger partial charge in [-0.1, -0.05) is 12.1 Å². The standard InChI is InChI=1S/C21H23NO3S/c1-4-25-21(24)20-18(14-5-7-17(8-6-14)22(2)3)11-16(12-19(20)23)15-9-10-26-13-15/h5-10,12-13,18,20H,4,11H2,1-3H3/t18-,20-/m1/s1. The summed E-state index contributed by atoms with van der Waals surface area (Å²) >= 11 is 1.60. The molecule has 26 heavy (non-hydrogen) atoms. The highest BCUT2D eigenvalue weighted by Crippen LogP contribution is 2.41. The van der Waals surface area contributed by atoms with Crippen LogP contribution < -0.4 is 4.90 Å². The van der Waals surface area contributed by atoms with E-state index in [2.05, 4.69) is 0 Å². The molecule has 136 valence electrons. The highest BCUT2D eigenvalue weighted by molar-refractivity contribution is 7.08. The molecule has 0 spiro atoms. The lowest BCUT2D eigenvalue weighted by Crippen LogP contribution is -2.34. The molecule has 0 saturated carbocycles. The number of carbonyl (C=O) groups excluding carboxylic acids is 2. The van der Waals surface area contributed by atoms with Crippen LogP contribution in [0.4, 0.5) is 5.69 Å². The summed E-state index contributed by atoms with van der Waals surface area (Å²) in [6.07, 6.45) is 2.27. The first-order valence-electron chi connectivity index (χ1n) is 8.72. The predicted octanol–water partition coefficient (Wildman–Crippen LogP) is 4.13. The van der Waals surface area contributed by atoms with Crippen molar-refractivity contribution >= 4 is 34.3 Å². The van der Waals surface area contributed by atoms with Crippen molar-refractivity contribution in [2.45, 2.75) is 19.3 Å². The van der Waals surface area contributed by atoms with Crippen LogP contribution in [-0.4, -0.2) is 32.5 Å². The molecule has 1 aromatic heterocycles. The lowest BCUT2D eigenvalue weighted by molar-refractivity contribution is -0.151. The number of esters is 1. The van der Waals surface area contributed by atoms with Crippen LogP contribution in [0.15, 0.2) is 47.2 Å². The summed E-state index contributed by atoms with van der Waals surface area (Å²) in [4.78, 5) is 27.3. The molecule has 1 aliphatic rings. The fourth-order valence-electron chi connectivity index (χ4n) is 3.36. The summed E-state index contributed by atoms with van der Waals surface area (Å²) in [5, 5.41) is 4.04. The van der Waals surface area contributed by atoms with Gasteiger partial charge < -0.3 is 9.64 Å². The molecule has 0 saturated heterocycles. The Morgan fingerprint density at radius 3 is 2.54 bits per heavy atom. The number of thiophene rings is 1. The van der Waals surface area contributed by atoms with Crippen molar-refractivity contribution in [3.05, 3.63) is 58.3 Å². The highest BCUT2D eigenvalue weighted by atomic mass is 32.1. The van der Waals surface area contributed by atoms with E-state index >= 15 is 0 Å². The maximum Gasteiger partial charge on any atom is 0.317 e. The molecule has 0 fully saturated rings. The van der Waals surface area contributed by atoms with E-state index in [1.165, 1.54) is 0 Å². The van der Waals surface area contributed by atoms with E-state index in [1.54, 1.807) is 24.3 Å². The number of hydrogen-bond donors (Lipinski definition) is 0. The average Bonchev–Trinajstić information content (AvgIpc) is 3.16. The molecule has 5 heteroatoms. The Kier molecular flexibility index (Phi) is 5.57. The SMILES string of the molecule is CCOC(=O)[C@H]1C(=O)C=C(c2ccsc2)C[C@@H]1c1ccc(N(C)C)cc1. The third-order valence-corrected chi connectivity index (χ3v) is 5.42. The molecule has 0 unspecified atom stereocenters. The second kappa shape index (κ2) is 7.87. The normalized spacial score (nSPS) is 19.8. The Balaban J connectivity index is 1.98. The van der Waals surface area contributed by atoms with Gasteiger partial charge in [0.2, 0.25) is 0 Å². The van der Waals surface area contributed by atoms with Crippen molar-refractivity contribution in [3.63, 3.8) is 0 Å². The molecule has 1 heterocycles. The number of nitrogens with zero attached hydrogens (tertiary/aromatic N) is 1. The number of hydrogen-bond acceptors (Lipinski definition) is 5. The lowest BCUT2D eigenvalue weighted by Gasteiger charge is -2.29. The first-order chi connectivity index (χ1) is 12.5. The van der Waals surface area contributed by atoms with E-state index in [0.29, 0.717) is 6.42 Å². The number of anilines is 1. The Hall–Kier alpha value is -2.40. The molecule has 2 aromatic rings. The third-order valence-electron chi connectivity index (χ3n) is 4.74. The summed E-state index contributed by atoms with van der Waals surface area (Å²) in [6, 6.07) is 10.1. The number of carbonyl (C=O) groups is 2. The summed E-state index contributed by atoms with van der Waals surface area (Å²) in [7, 11) is 3.97. The molecule has 4 nitrogen and oxygen atoms in total. The van der Waals surface area contributed by atoms with E-state index < -0.39 is 11.9 Å². The third kappa shape index (κ3) is 3.73. The van der Waals surface area contributed by atoms with Gasteiger partial charge in [-0.2, -0.15) is 11.3 Å². The molecule has 2 atom stereocenters. The molecule has 1 aliphatic carbocycles. The van der Waals surface area contributed by atoms with Gasteiger partial charge >= 0.3 is 5.97 Å². The van der Waals surface area contributed by atoms with Crippen LogP contribution in [0.3, 0.4) is 0 Å². The van der Waals surface area contributed by atoms with E-state index in [4.69, 9.17) is 4.74 Å². The second-order valence-corrected chi connectivity index (χ2v) is 7.39. The fraction of sp³-hybridized carbons (Fsp3) is 0.333. The van der Waals surface area contributed by atoms with Crippen LogP contribution in [0.5, 0.6) is 0 Å². The zero-order valence-electron chi connectivity index (χ0n) is 15.3. The van der Waals surface area contributed by atoms with Gasteiger partial charge in [0.15, 0.2) is 5.78 Å². The van der Waals surface area contributed by atoms with Crippen molar-refractivity contribution in [1.82, 2.24) is 0 Å². The maximum absolute atomic E-state index is 12.8. The zero-order valence-corrected chi connectivity index (χ0v) is 16.1. The van der Waals surface area contributed by atoms with Crippen LogP contribution in [0.25, 0.3) is 5.57 Å². The largest absolute Gasteiger partial charge is 0.465 e. The summed E-state index contributed by atoms with van der Waals surface area (Å²) in [5.41, 5.74) is 4.11. The summed E-state index contributed by atoms with van der Waals surface area (Å²) in [6.45, 7) is 2.04. The van der Waals surface area contributed by atoms with Gasteiger partial charge in [-0.3, -0.25) is 9.59 Å². The van der Waals surface area contributed by atoms with Crippen LogP contribution in [-0.2, 0) is 14.3 Å². The van der Waals surface area contributed by atoms with Crippen molar-refractivity contribution < 1.29 is 14.3 Å². The molecular weight excluding hydrogens is 346 g/mol. The molecule has 1 aromatic carbocycles. The first-order valence-corrected chi connectivity index (χ1v) is 9.66. The van der Waals surface area contributed by atoms with Crippen LogP contribution >= 0.6 is 11.3 Å². The number of allylic oxidation sites excluding steroid dienone is 2. The molecule has 0 amide bonds. The minimum Gasteiger partial charge on any atom is -0.465 e. The minimum atomic E-state index is -0.775. The summed E-state index contributed by atoms with van der Waals surface area (Å²) < 4.78 is 5.20. The Bertz CT molecular complexity index is 806. The minimum absolute atomic E-state index is 0.169. The second-order valence-electron chi connectivity index (χ2n) is 6.61. The molecule has 0 radical (unpaired) electrons. The predicted molar refractivity (Wildman–Crippen MR) is 106 cm³/mol. The Labute approximate surface area is 158 Å². The quantitative estimate of drug-likeness (QED) is 0.587. The topological polar surface area (TPSA) is 46.6 Å². The van der Waals surface area contributed by atoms with Crippen molar-refractivity contribution in [3.8, 4) is 0 Å². The zero-order chi connectivity index (χ0) is 18.7. The average molecular weight is 369 g/mol. The maximum atomic E-state index is 12.8. The lowest BCUT2D eigenvalue weighted by atomic mass is 9.74. The van der Waals surface area contributed by atoms with E-state index in [-0.39, 0.29) is 18.3 Å². The number of benzene rings is 1. The Morgan fingerprint density at radius 1 is 1.23 bits per heavy atom.